The smallest absolute Gasteiger partial charge is 0.306 e. The summed E-state index contributed by atoms with van der Waals surface area (Å²) >= 11 is 0. The van der Waals surface area contributed by atoms with Gasteiger partial charge in [0.2, 0.25) is 0 Å². The zero-order chi connectivity index (χ0) is 28.4. The minimum Gasteiger partial charge on any atom is -0.466 e. The molecular weight excluding hydrogens is 468 g/mol. The number of esters is 1. The zero-order valence-corrected chi connectivity index (χ0v) is 26.5. The monoisotopic (exact) mass is 532 g/mol. The summed E-state index contributed by atoms with van der Waals surface area (Å²) in [6.45, 7) is 15.8. The molecule has 1 N–H and O–H groups in total. The van der Waals surface area contributed by atoms with E-state index in [4.69, 9.17) is 4.74 Å². The predicted molar refractivity (Wildman–Crippen MR) is 164 cm³/mol. The van der Waals surface area contributed by atoms with Gasteiger partial charge in [-0.3, -0.25) is 4.79 Å². The lowest BCUT2D eigenvalue weighted by molar-refractivity contribution is -0.143. The van der Waals surface area contributed by atoms with E-state index >= 15 is 0 Å². The molecule has 3 heteroatoms. The molecule has 1 aliphatic rings. The lowest BCUT2D eigenvalue weighted by Gasteiger charge is -2.40. The highest BCUT2D eigenvalue weighted by Gasteiger charge is 2.37. The van der Waals surface area contributed by atoms with Crippen LogP contribution in [0.15, 0.2) is 23.3 Å². The second kappa shape index (κ2) is 19.1. The van der Waals surface area contributed by atoms with Crippen LogP contribution in [-0.2, 0) is 9.53 Å². The first-order valence-corrected chi connectivity index (χ1v) is 16.2. The SMILES string of the molecule is CCCCCCCCCCCCCCCCCCOC(=O)CCC1=CC(C(C)(C)C)C(O)C(C(C)(C)C)=C1. The molecule has 1 aliphatic carbocycles. The van der Waals surface area contributed by atoms with E-state index in [0.29, 0.717) is 19.4 Å². The summed E-state index contributed by atoms with van der Waals surface area (Å²) in [7, 11) is 0. The van der Waals surface area contributed by atoms with E-state index in [1.807, 2.05) is 0 Å². The molecule has 0 fully saturated rings. The third-order valence-electron chi connectivity index (χ3n) is 8.14. The number of hydrogen-bond acceptors (Lipinski definition) is 3. The van der Waals surface area contributed by atoms with Gasteiger partial charge in [-0.1, -0.05) is 163 Å². The number of aliphatic hydroxyl groups is 1. The molecule has 0 radical (unpaired) electrons. The van der Waals surface area contributed by atoms with Gasteiger partial charge < -0.3 is 9.84 Å². The Bertz CT molecular complexity index is 689. The maximum Gasteiger partial charge on any atom is 0.306 e. The summed E-state index contributed by atoms with van der Waals surface area (Å²) in [6.07, 6.45) is 26.5. The molecule has 2 unspecified atom stereocenters. The Morgan fingerprint density at radius 3 is 1.63 bits per heavy atom. The molecule has 38 heavy (non-hydrogen) atoms. The Morgan fingerprint density at radius 1 is 0.763 bits per heavy atom. The molecule has 222 valence electrons. The van der Waals surface area contributed by atoms with Crippen molar-refractivity contribution in [3.63, 3.8) is 0 Å². The molecule has 0 bridgehead atoms. The first kappa shape index (κ1) is 34.9. The molecule has 0 heterocycles. The van der Waals surface area contributed by atoms with Gasteiger partial charge in [-0.15, -0.1) is 0 Å². The first-order chi connectivity index (χ1) is 18.0. The molecule has 0 aromatic heterocycles. The fraction of sp³-hybridized carbons (Fsp3) is 0.857. The second-order valence-electron chi connectivity index (χ2n) is 14.0. The standard InChI is InChI=1S/C35H64O3/c1-8-9-10-11-12-13-14-15-16-17-18-19-20-21-22-23-26-38-32(36)25-24-29-27-30(34(2,3)4)33(37)31(28-29)35(5,6)7/h27-28,30,33,37H,8-26H2,1-7H3. The number of carbonyl (C=O) groups excluding carboxylic acids is 1. The van der Waals surface area contributed by atoms with Crippen molar-refractivity contribution in [1.82, 2.24) is 0 Å². The molecular formula is C35H64O3. The molecule has 0 amide bonds. The quantitative estimate of drug-likeness (QED) is 0.125. The topological polar surface area (TPSA) is 46.5 Å². The lowest BCUT2D eigenvalue weighted by atomic mass is 9.67. The maximum absolute atomic E-state index is 12.3. The van der Waals surface area contributed by atoms with Crippen LogP contribution in [-0.4, -0.2) is 23.8 Å². The number of hydrogen-bond donors (Lipinski definition) is 1. The predicted octanol–water partition coefficient (Wildman–Crippen LogP) is 10.5. The van der Waals surface area contributed by atoms with Gasteiger partial charge in [0.1, 0.15) is 0 Å². The third kappa shape index (κ3) is 15.5. The van der Waals surface area contributed by atoms with Gasteiger partial charge in [0.05, 0.1) is 12.7 Å². The van der Waals surface area contributed by atoms with Gasteiger partial charge in [0.25, 0.3) is 0 Å². The zero-order valence-electron chi connectivity index (χ0n) is 26.5. The second-order valence-corrected chi connectivity index (χ2v) is 14.0. The minimum absolute atomic E-state index is 0.0385. The number of aliphatic hydroxyl groups excluding tert-OH is 1. The summed E-state index contributed by atoms with van der Waals surface area (Å²) in [5, 5.41) is 11.0. The third-order valence-corrected chi connectivity index (χ3v) is 8.14. The highest BCUT2D eigenvalue weighted by Crippen LogP contribution is 2.43. The van der Waals surface area contributed by atoms with Crippen molar-refractivity contribution in [2.24, 2.45) is 16.7 Å². The fourth-order valence-electron chi connectivity index (χ4n) is 5.54. The van der Waals surface area contributed by atoms with Gasteiger partial charge in [0.15, 0.2) is 0 Å². The van der Waals surface area contributed by atoms with E-state index in [1.165, 1.54) is 89.9 Å². The summed E-state index contributed by atoms with van der Waals surface area (Å²) in [4.78, 5) is 12.3. The van der Waals surface area contributed by atoms with Gasteiger partial charge in [-0.05, 0) is 29.2 Å². The van der Waals surface area contributed by atoms with Crippen LogP contribution in [0, 0.1) is 16.7 Å². The Kier molecular flexibility index (Phi) is 17.5. The van der Waals surface area contributed by atoms with E-state index in [-0.39, 0.29) is 22.7 Å². The molecule has 0 spiro atoms. The highest BCUT2D eigenvalue weighted by molar-refractivity contribution is 5.69. The van der Waals surface area contributed by atoms with Crippen molar-refractivity contribution in [1.29, 1.82) is 0 Å². The van der Waals surface area contributed by atoms with Crippen LogP contribution in [0.1, 0.15) is 164 Å². The summed E-state index contributed by atoms with van der Waals surface area (Å²) in [5.41, 5.74) is 2.08. The molecule has 1 rings (SSSR count). The Hall–Kier alpha value is -1.09. The van der Waals surface area contributed by atoms with E-state index < -0.39 is 6.10 Å². The molecule has 3 nitrogen and oxygen atoms in total. The molecule has 0 aromatic rings. The largest absolute Gasteiger partial charge is 0.466 e. The van der Waals surface area contributed by atoms with E-state index in [1.54, 1.807) is 0 Å². The summed E-state index contributed by atoms with van der Waals surface area (Å²) < 4.78 is 5.53. The minimum atomic E-state index is -0.472. The van der Waals surface area contributed by atoms with Crippen LogP contribution < -0.4 is 0 Å². The average Bonchev–Trinajstić information content (AvgIpc) is 2.83. The van der Waals surface area contributed by atoms with Gasteiger partial charge >= 0.3 is 5.97 Å². The van der Waals surface area contributed by atoms with Gasteiger partial charge in [-0.25, -0.2) is 0 Å². The van der Waals surface area contributed by atoms with Crippen molar-refractivity contribution in [2.75, 3.05) is 6.61 Å². The summed E-state index contributed by atoms with van der Waals surface area (Å²) in [6, 6.07) is 0. The Labute approximate surface area is 237 Å². The molecule has 0 saturated heterocycles. The molecule has 0 aromatic carbocycles. The van der Waals surface area contributed by atoms with Crippen LogP contribution in [0.4, 0.5) is 0 Å². The molecule has 0 aliphatic heterocycles. The number of rotatable bonds is 20. The van der Waals surface area contributed by atoms with Crippen LogP contribution in [0.25, 0.3) is 0 Å². The van der Waals surface area contributed by atoms with Crippen LogP contribution >= 0.6 is 0 Å². The number of unbranched alkanes of at least 4 members (excludes halogenated alkanes) is 15. The number of allylic oxidation sites excluding steroid dienone is 2. The number of carbonyl (C=O) groups is 1. The highest BCUT2D eigenvalue weighted by atomic mass is 16.5. The van der Waals surface area contributed by atoms with Gasteiger partial charge in [0, 0.05) is 12.3 Å². The van der Waals surface area contributed by atoms with Crippen molar-refractivity contribution in [3.05, 3.63) is 23.3 Å². The van der Waals surface area contributed by atoms with Gasteiger partial charge in [-0.2, -0.15) is 0 Å². The summed E-state index contributed by atoms with van der Waals surface area (Å²) in [5.74, 6) is -0.0474. The van der Waals surface area contributed by atoms with Crippen molar-refractivity contribution >= 4 is 5.97 Å². The van der Waals surface area contributed by atoms with Crippen LogP contribution in [0.3, 0.4) is 0 Å². The van der Waals surface area contributed by atoms with E-state index in [2.05, 4.69) is 60.6 Å². The average molecular weight is 533 g/mol. The number of ether oxygens (including phenoxy) is 1. The molecule has 0 saturated carbocycles. The molecule has 2 atom stereocenters. The van der Waals surface area contributed by atoms with Crippen molar-refractivity contribution < 1.29 is 14.6 Å². The Balaban J connectivity index is 2.10. The lowest BCUT2D eigenvalue weighted by Crippen LogP contribution is -2.37. The fourth-order valence-corrected chi connectivity index (χ4v) is 5.54. The maximum atomic E-state index is 12.3. The van der Waals surface area contributed by atoms with Crippen molar-refractivity contribution in [3.8, 4) is 0 Å². The van der Waals surface area contributed by atoms with E-state index in [0.717, 1.165) is 24.0 Å². The van der Waals surface area contributed by atoms with E-state index in [9.17, 15) is 9.90 Å². The first-order valence-electron chi connectivity index (χ1n) is 16.2. The normalized spacial score (nSPS) is 18.3. The van der Waals surface area contributed by atoms with Crippen LogP contribution in [0.5, 0.6) is 0 Å². The van der Waals surface area contributed by atoms with Crippen molar-refractivity contribution in [2.45, 2.75) is 170 Å². The Morgan fingerprint density at radius 2 is 1.21 bits per heavy atom. The van der Waals surface area contributed by atoms with Crippen LogP contribution in [0.2, 0.25) is 0 Å².